The Bertz CT molecular complexity index is 1080. The molecule has 140 valence electrons. The Balaban J connectivity index is 1.93. The molecule has 1 N–H and O–H groups in total. The SMILES string of the molecule is O=C1C(=O)N(c2nncs2)[C@H](c2ccc(Cl)cc2)C1=C(O)c1ccc(F)cc1. The van der Waals surface area contributed by atoms with E-state index in [-0.39, 0.29) is 16.3 Å². The van der Waals surface area contributed by atoms with Gasteiger partial charge in [-0.15, -0.1) is 10.2 Å². The van der Waals surface area contributed by atoms with Crippen molar-refractivity contribution >= 4 is 45.5 Å². The second kappa shape index (κ2) is 7.14. The van der Waals surface area contributed by atoms with Gasteiger partial charge in [0.05, 0.1) is 11.6 Å². The molecule has 1 amide bonds. The van der Waals surface area contributed by atoms with Crippen LogP contribution in [-0.2, 0) is 9.59 Å². The van der Waals surface area contributed by atoms with Crippen LogP contribution in [0, 0.1) is 5.82 Å². The number of rotatable bonds is 3. The zero-order valence-electron chi connectivity index (χ0n) is 14.0. The van der Waals surface area contributed by atoms with Gasteiger partial charge >= 0.3 is 5.91 Å². The molecule has 1 saturated heterocycles. The number of nitrogens with zero attached hydrogens (tertiary/aromatic N) is 3. The number of aromatic nitrogens is 2. The molecular formula is C19H11ClFN3O3S. The number of hydrogen-bond acceptors (Lipinski definition) is 6. The number of benzene rings is 2. The molecule has 1 aliphatic heterocycles. The molecule has 0 radical (unpaired) electrons. The van der Waals surface area contributed by atoms with Crippen LogP contribution in [0.15, 0.2) is 59.6 Å². The van der Waals surface area contributed by atoms with E-state index < -0.39 is 29.3 Å². The molecule has 0 saturated carbocycles. The summed E-state index contributed by atoms with van der Waals surface area (Å²) in [6, 6.07) is 10.6. The monoisotopic (exact) mass is 415 g/mol. The number of hydrogen-bond donors (Lipinski definition) is 1. The van der Waals surface area contributed by atoms with Crippen LogP contribution in [0.25, 0.3) is 5.76 Å². The van der Waals surface area contributed by atoms with Crippen molar-refractivity contribution in [1.29, 1.82) is 0 Å². The van der Waals surface area contributed by atoms with Crippen LogP contribution in [0.5, 0.6) is 0 Å². The van der Waals surface area contributed by atoms with Gasteiger partial charge < -0.3 is 5.11 Å². The molecule has 0 bridgehead atoms. The van der Waals surface area contributed by atoms with Crippen LogP contribution in [0.4, 0.5) is 9.52 Å². The number of anilines is 1. The molecule has 6 nitrogen and oxygen atoms in total. The fourth-order valence-corrected chi connectivity index (χ4v) is 3.74. The lowest BCUT2D eigenvalue weighted by molar-refractivity contribution is -0.132. The highest BCUT2D eigenvalue weighted by Crippen LogP contribution is 2.42. The Hall–Kier alpha value is -3.10. The Morgan fingerprint density at radius 3 is 2.39 bits per heavy atom. The first kappa shape index (κ1) is 18.3. The summed E-state index contributed by atoms with van der Waals surface area (Å²) in [5.41, 5.74) is 2.10. The fourth-order valence-electron chi connectivity index (χ4n) is 3.03. The number of amides is 1. The van der Waals surface area contributed by atoms with Crippen molar-refractivity contribution in [3.63, 3.8) is 0 Å². The first-order chi connectivity index (χ1) is 13.5. The quantitative estimate of drug-likeness (QED) is 0.397. The minimum absolute atomic E-state index is 0.117. The predicted molar refractivity (Wildman–Crippen MR) is 103 cm³/mol. The summed E-state index contributed by atoms with van der Waals surface area (Å²) in [6.45, 7) is 0. The minimum atomic E-state index is -0.921. The number of aliphatic hydroxyl groups is 1. The summed E-state index contributed by atoms with van der Waals surface area (Å²) in [5.74, 6) is -2.58. The van der Waals surface area contributed by atoms with E-state index >= 15 is 0 Å². The molecule has 0 spiro atoms. The highest BCUT2D eigenvalue weighted by Gasteiger charge is 2.48. The van der Waals surface area contributed by atoms with E-state index in [0.29, 0.717) is 10.6 Å². The Morgan fingerprint density at radius 2 is 1.79 bits per heavy atom. The molecule has 0 unspecified atom stereocenters. The lowest BCUT2D eigenvalue weighted by Gasteiger charge is -2.22. The topological polar surface area (TPSA) is 83.4 Å². The van der Waals surface area contributed by atoms with Gasteiger partial charge in [0, 0.05) is 10.6 Å². The van der Waals surface area contributed by atoms with Gasteiger partial charge in [0.15, 0.2) is 0 Å². The highest BCUT2D eigenvalue weighted by molar-refractivity contribution is 7.13. The van der Waals surface area contributed by atoms with E-state index in [1.54, 1.807) is 24.3 Å². The molecule has 0 aliphatic carbocycles. The van der Waals surface area contributed by atoms with Crippen LogP contribution in [0.3, 0.4) is 0 Å². The molecule has 1 aromatic heterocycles. The summed E-state index contributed by atoms with van der Waals surface area (Å²) < 4.78 is 13.2. The molecular weight excluding hydrogens is 405 g/mol. The van der Waals surface area contributed by atoms with Gasteiger partial charge in [0.2, 0.25) is 5.13 Å². The Kier molecular flexibility index (Phi) is 4.66. The maximum Gasteiger partial charge on any atom is 0.301 e. The standard InChI is InChI=1S/C19H11ClFN3O3S/c20-12-5-1-10(2-6-12)15-14(16(25)11-3-7-13(21)8-4-11)17(26)18(27)24(15)19-23-22-9-28-19/h1-9,15,25H/t15-/m1/s1. The maximum absolute atomic E-state index is 13.2. The van der Waals surface area contributed by atoms with Gasteiger partial charge in [-0.3, -0.25) is 14.5 Å². The van der Waals surface area contributed by atoms with Gasteiger partial charge in [0.1, 0.15) is 17.1 Å². The van der Waals surface area contributed by atoms with Crippen molar-refractivity contribution in [3.8, 4) is 0 Å². The van der Waals surface area contributed by atoms with E-state index in [1.165, 1.54) is 22.5 Å². The number of halogens is 2. The number of carbonyl (C=O) groups is 2. The molecule has 4 rings (SSSR count). The Labute approximate surface area is 167 Å². The third-order valence-corrected chi connectivity index (χ3v) is 5.24. The molecule has 2 heterocycles. The van der Waals surface area contributed by atoms with Gasteiger partial charge in [0.25, 0.3) is 5.78 Å². The summed E-state index contributed by atoms with van der Waals surface area (Å²) >= 11 is 7.05. The van der Waals surface area contributed by atoms with Gasteiger partial charge in [-0.2, -0.15) is 0 Å². The average Bonchev–Trinajstić information content (AvgIpc) is 3.30. The lowest BCUT2D eigenvalue weighted by atomic mass is 9.95. The Morgan fingerprint density at radius 1 is 1.11 bits per heavy atom. The van der Waals surface area contributed by atoms with E-state index in [1.807, 2.05) is 0 Å². The van der Waals surface area contributed by atoms with E-state index in [2.05, 4.69) is 10.2 Å². The van der Waals surface area contributed by atoms with Crippen LogP contribution in [-0.4, -0.2) is 27.0 Å². The molecule has 3 aromatic rings. The number of ketones is 1. The summed E-state index contributed by atoms with van der Waals surface area (Å²) in [4.78, 5) is 26.7. The fraction of sp³-hybridized carbons (Fsp3) is 0.0526. The van der Waals surface area contributed by atoms with Gasteiger partial charge in [-0.1, -0.05) is 35.1 Å². The van der Waals surface area contributed by atoms with Crippen molar-refractivity contribution in [3.05, 3.63) is 81.6 Å². The van der Waals surface area contributed by atoms with Gasteiger partial charge in [-0.25, -0.2) is 4.39 Å². The van der Waals surface area contributed by atoms with Crippen LogP contribution < -0.4 is 4.90 Å². The molecule has 9 heteroatoms. The second-order valence-corrected chi connectivity index (χ2v) is 7.20. The molecule has 1 fully saturated rings. The molecule has 2 aromatic carbocycles. The zero-order valence-corrected chi connectivity index (χ0v) is 15.6. The predicted octanol–water partition coefficient (Wildman–Crippen LogP) is 3.96. The van der Waals surface area contributed by atoms with E-state index in [4.69, 9.17) is 11.6 Å². The van der Waals surface area contributed by atoms with Crippen molar-refractivity contribution in [2.75, 3.05) is 4.90 Å². The van der Waals surface area contributed by atoms with Gasteiger partial charge in [-0.05, 0) is 42.0 Å². The smallest absolute Gasteiger partial charge is 0.301 e. The van der Waals surface area contributed by atoms with Crippen LogP contribution in [0.1, 0.15) is 17.2 Å². The van der Waals surface area contributed by atoms with Crippen molar-refractivity contribution in [2.45, 2.75) is 6.04 Å². The van der Waals surface area contributed by atoms with Crippen molar-refractivity contribution in [1.82, 2.24) is 10.2 Å². The maximum atomic E-state index is 13.2. The average molecular weight is 416 g/mol. The zero-order chi connectivity index (χ0) is 19.8. The first-order valence-corrected chi connectivity index (χ1v) is 9.31. The molecule has 1 aliphatic rings. The van der Waals surface area contributed by atoms with Crippen molar-refractivity contribution in [2.24, 2.45) is 0 Å². The summed E-state index contributed by atoms with van der Waals surface area (Å²) in [5, 5.41) is 19.1. The largest absolute Gasteiger partial charge is 0.507 e. The molecule has 28 heavy (non-hydrogen) atoms. The van der Waals surface area contributed by atoms with E-state index in [0.717, 1.165) is 23.5 Å². The highest BCUT2D eigenvalue weighted by atomic mass is 35.5. The van der Waals surface area contributed by atoms with Crippen molar-refractivity contribution < 1.29 is 19.1 Å². The normalized spacial score (nSPS) is 18.6. The third kappa shape index (κ3) is 3.06. The summed E-state index contributed by atoms with van der Waals surface area (Å²) in [7, 11) is 0. The number of carbonyl (C=O) groups excluding carboxylic acids is 2. The first-order valence-electron chi connectivity index (χ1n) is 8.06. The third-order valence-electron chi connectivity index (χ3n) is 4.30. The lowest BCUT2D eigenvalue weighted by Crippen LogP contribution is -2.29. The second-order valence-electron chi connectivity index (χ2n) is 5.95. The number of aliphatic hydroxyl groups excluding tert-OH is 1. The number of Topliss-reactive ketones (excluding diaryl/α,β-unsaturated/α-hetero) is 1. The summed E-state index contributed by atoms with van der Waals surface area (Å²) in [6.07, 6.45) is 0. The molecule has 1 atom stereocenters. The minimum Gasteiger partial charge on any atom is -0.507 e. The van der Waals surface area contributed by atoms with Crippen LogP contribution in [0.2, 0.25) is 5.02 Å². The van der Waals surface area contributed by atoms with E-state index in [9.17, 15) is 19.1 Å². The van der Waals surface area contributed by atoms with Crippen LogP contribution >= 0.6 is 22.9 Å².